The van der Waals surface area contributed by atoms with Gasteiger partial charge in [0.1, 0.15) is 0 Å². The van der Waals surface area contributed by atoms with E-state index < -0.39 is 6.03 Å². The Morgan fingerprint density at radius 3 is 2.71 bits per heavy atom. The number of nitrogens with zero attached hydrogens (tertiary/aromatic N) is 4. The van der Waals surface area contributed by atoms with Crippen LogP contribution in [-0.4, -0.2) is 43.9 Å². The molecule has 1 aromatic heterocycles. The summed E-state index contributed by atoms with van der Waals surface area (Å²) in [6.07, 6.45) is 4.19. The van der Waals surface area contributed by atoms with Gasteiger partial charge in [-0.05, 0) is 35.4 Å². The Morgan fingerprint density at radius 2 is 1.96 bits per heavy atom. The second kappa shape index (κ2) is 7.91. The average molecular weight is 346 g/mol. The molecule has 3 amide bonds. The molecule has 0 saturated heterocycles. The van der Waals surface area contributed by atoms with Crippen molar-refractivity contribution in [2.45, 2.75) is 36.9 Å². The SMILES string of the molecule is O=C(CSc1nnnn1-c1ccccc1)NC(=O)NC1CCCC1. The van der Waals surface area contributed by atoms with Crippen LogP contribution >= 0.6 is 11.8 Å². The van der Waals surface area contributed by atoms with Crippen LogP contribution in [0, 0.1) is 0 Å². The quantitative estimate of drug-likeness (QED) is 0.796. The number of thioether (sulfide) groups is 1. The number of tetrazole rings is 1. The van der Waals surface area contributed by atoms with Gasteiger partial charge in [0.25, 0.3) is 0 Å². The van der Waals surface area contributed by atoms with Crippen LogP contribution in [0.4, 0.5) is 4.79 Å². The van der Waals surface area contributed by atoms with Crippen LogP contribution < -0.4 is 10.6 Å². The molecule has 1 fully saturated rings. The molecule has 0 bridgehead atoms. The number of imide groups is 1. The second-order valence-electron chi connectivity index (χ2n) is 5.50. The molecule has 0 unspecified atom stereocenters. The lowest BCUT2D eigenvalue weighted by atomic mass is 10.2. The first kappa shape index (κ1) is 16.4. The lowest BCUT2D eigenvalue weighted by molar-refractivity contribution is -0.117. The van der Waals surface area contributed by atoms with Crippen molar-refractivity contribution in [2.75, 3.05) is 5.75 Å². The number of amides is 3. The average Bonchev–Trinajstić information content (AvgIpc) is 3.25. The van der Waals surface area contributed by atoms with Gasteiger partial charge in [0.2, 0.25) is 11.1 Å². The number of hydrogen-bond donors (Lipinski definition) is 2. The van der Waals surface area contributed by atoms with E-state index in [0.29, 0.717) is 5.16 Å². The Hall–Kier alpha value is -2.42. The predicted octanol–water partition coefficient (Wildman–Crippen LogP) is 1.52. The van der Waals surface area contributed by atoms with Crippen LogP contribution in [0.25, 0.3) is 5.69 Å². The first-order chi connectivity index (χ1) is 11.7. The molecule has 9 heteroatoms. The standard InChI is InChI=1S/C15H18N6O2S/c22-13(17-14(23)16-11-6-4-5-7-11)10-24-15-18-19-20-21(15)12-8-2-1-3-9-12/h1-3,8-9,11H,4-7,10H2,(H2,16,17,22,23). The minimum atomic E-state index is -0.435. The van der Waals surface area contributed by atoms with Crippen molar-refractivity contribution in [3.05, 3.63) is 30.3 Å². The zero-order chi connectivity index (χ0) is 16.8. The highest BCUT2D eigenvalue weighted by Gasteiger charge is 2.18. The van der Waals surface area contributed by atoms with Crippen LogP contribution in [0.2, 0.25) is 0 Å². The maximum Gasteiger partial charge on any atom is 0.321 e. The topological polar surface area (TPSA) is 102 Å². The molecule has 1 aromatic carbocycles. The molecule has 1 saturated carbocycles. The number of urea groups is 1. The van der Waals surface area contributed by atoms with Crippen molar-refractivity contribution in [1.82, 2.24) is 30.8 Å². The van der Waals surface area contributed by atoms with Gasteiger partial charge in [-0.25, -0.2) is 4.79 Å². The smallest absolute Gasteiger partial charge is 0.321 e. The van der Waals surface area contributed by atoms with Gasteiger partial charge in [0.05, 0.1) is 11.4 Å². The zero-order valence-electron chi connectivity index (χ0n) is 13.0. The molecule has 0 spiro atoms. The second-order valence-corrected chi connectivity index (χ2v) is 6.44. The molecule has 0 radical (unpaired) electrons. The summed E-state index contributed by atoms with van der Waals surface area (Å²) in [6, 6.07) is 9.14. The Labute approximate surface area is 143 Å². The lowest BCUT2D eigenvalue weighted by Crippen LogP contribution is -2.44. The number of carbonyl (C=O) groups excluding carboxylic acids is 2. The Bertz CT molecular complexity index is 699. The highest BCUT2D eigenvalue weighted by molar-refractivity contribution is 7.99. The number of benzene rings is 1. The molecule has 0 atom stereocenters. The molecule has 1 aliphatic carbocycles. The molecule has 1 aliphatic rings. The third-order valence-corrected chi connectivity index (χ3v) is 4.64. The summed E-state index contributed by atoms with van der Waals surface area (Å²) < 4.78 is 1.55. The van der Waals surface area contributed by atoms with E-state index in [1.54, 1.807) is 4.68 Å². The number of para-hydroxylation sites is 1. The minimum Gasteiger partial charge on any atom is -0.335 e. The van der Waals surface area contributed by atoms with E-state index in [9.17, 15) is 9.59 Å². The van der Waals surface area contributed by atoms with Crippen LogP contribution in [0.15, 0.2) is 35.5 Å². The molecule has 0 aliphatic heterocycles. The highest BCUT2D eigenvalue weighted by Crippen LogP contribution is 2.18. The molecular weight excluding hydrogens is 328 g/mol. The number of rotatable bonds is 5. The third-order valence-electron chi connectivity index (χ3n) is 3.72. The van der Waals surface area contributed by atoms with E-state index >= 15 is 0 Å². The third kappa shape index (κ3) is 4.31. The summed E-state index contributed by atoms with van der Waals surface area (Å²) in [7, 11) is 0. The van der Waals surface area contributed by atoms with Crippen molar-refractivity contribution < 1.29 is 9.59 Å². The van der Waals surface area contributed by atoms with Crippen LogP contribution in [-0.2, 0) is 4.79 Å². The van der Waals surface area contributed by atoms with E-state index in [2.05, 4.69) is 26.2 Å². The van der Waals surface area contributed by atoms with Gasteiger partial charge < -0.3 is 5.32 Å². The summed E-state index contributed by atoms with van der Waals surface area (Å²) in [5, 5.41) is 17.1. The fourth-order valence-corrected chi connectivity index (χ4v) is 3.28. The van der Waals surface area contributed by atoms with Crippen molar-refractivity contribution >= 4 is 23.7 Å². The maximum atomic E-state index is 11.9. The lowest BCUT2D eigenvalue weighted by Gasteiger charge is -2.12. The zero-order valence-corrected chi connectivity index (χ0v) is 13.8. The van der Waals surface area contributed by atoms with E-state index in [0.717, 1.165) is 31.4 Å². The van der Waals surface area contributed by atoms with Crippen molar-refractivity contribution in [2.24, 2.45) is 0 Å². The van der Waals surface area contributed by atoms with Crippen molar-refractivity contribution in [1.29, 1.82) is 0 Å². The summed E-state index contributed by atoms with van der Waals surface area (Å²) in [4.78, 5) is 23.7. The Kier molecular flexibility index (Phi) is 5.42. The van der Waals surface area contributed by atoms with Crippen molar-refractivity contribution in [3.8, 4) is 5.69 Å². The first-order valence-corrected chi connectivity index (χ1v) is 8.78. The molecule has 1 heterocycles. The largest absolute Gasteiger partial charge is 0.335 e. The molecule has 2 N–H and O–H groups in total. The molecule has 126 valence electrons. The maximum absolute atomic E-state index is 11.9. The summed E-state index contributed by atoms with van der Waals surface area (Å²) in [5.74, 6) is -0.316. The fraction of sp³-hybridized carbons (Fsp3) is 0.400. The number of aromatic nitrogens is 4. The van der Waals surface area contributed by atoms with E-state index in [1.807, 2.05) is 30.3 Å². The number of carbonyl (C=O) groups is 2. The molecule has 2 aromatic rings. The van der Waals surface area contributed by atoms with Crippen LogP contribution in [0.1, 0.15) is 25.7 Å². The minimum absolute atomic E-state index is 0.0608. The predicted molar refractivity (Wildman–Crippen MR) is 88.8 cm³/mol. The number of nitrogens with one attached hydrogen (secondary N) is 2. The molecule has 8 nitrogen and oxygen atoms in total. The fourth-order valence-electron chi connectivity index (χ4n) is 2.58. The summed E-state index contributed by atoms with van der Waals surface area (Å²) in [5.41, 5.74) is 0.810. The van der Waals surface area contributed by atoms with Gasteiger partial charge in [-0.3, -0.25) is 10.1 Å². The van der Waals surface area contributed by atoms with Gasteiger partial charge >= 0.3 is 6.03 Å². The first-order valence-electron chi connectivity index (χ1n) is 7.79. The molecule has 24 heavy (non-hydrogen) atoms. The van der Waals surface area contributed by atoms with Crippen LogP contribution in [0.3, 0.4) is 0 Å². The number of hydrogen-bond acceptors (Lipinski definition) is 6. The van der Waals surface area contributed by atoms with Gasteiger partial charge in [-0.2, -0.15) is 4.68 Å². The van der Waals surface area contributed by atoms with Gasteiger partial charge in [-0.15, -0.1) is 5.10 Å². The van der Waals surface area contributed by atoms with Crippen molar-refractivity contribution in [3.63, 3.8) is 0 Å². The normalized spacial score (nSPS) is 14.5. The van der Waals surface area contributed by atoms with Gasteiger partial charge in [0, 0.05) is 6.04 Å². The van der Waals surface area contributed by atoms with Gasteiger partial charge in [0.15, 0.2) is 0 Å². The Balaban J connectivity index is 1.50. The highest BCUT2D eigenvalue weighted by atomic mass is 32.2. The molecule has 3 rings (SSSR count). The van der Waals surface area contributed by atoms with Gasteiger partial charge in [-0.1, -0.05) is 42.8 Å². The molecular formula is C15H18N6O2S. The van der Waals surface area contributed by atoms with E-state index in [-0.39, 0.29) is 17.7 Å². The van der Waals surface area contributed by atoms with Crippen LogP contribution in [0.5, 0.6) is 0 Å². The summed E-state index contributed by atoms with van der Waals surface area (Å²) in [6.45, 7) is 0. The van der Waals surface area contributed by atoms with E-state index in [4.69, 9.17) is 0 Å². The Morgan fingerprint density at radius 1 is 1.21 bits per heavy atom. The summed E-state index contributed by atoms with van der Waals surface area (Å²) >= 11 is 1.18. The monoisotopic (exact) mass is 346 g/mol. The van der Waals surface area contributed by atoms with E-state index in [1.165, 1.54) is 11.8 Å².